The number of benzene rings is 1. The smallest absolute Gasteiger partial charge is 0.285 e. The van der Waals surface area contributed by atoms with E-state index in [2.05, 4.69) is 10.2 Å². The summed E-state index contributed by atoms with van der Waals surface area (Å²) >= 11 is 0. The molecule has 0 spiro atoms. The third-order valence-electron chi connectivity index (χ3n) is 2.11. The first-order chi connectivity index (χ1) is 7.72. The van der Waals surface area contributed by atoms with Crippen LogP contribution >= 0.6 is 0 Å². The van der Waals surface area contributed by atoms with Crippen molar-refractivity contribution >= 4 is 5.69 Å². The molecule has 0 saturated carbocycles. The molecule has 2 rings (SSSR count). The highest BCUT2D eigenvalue weighted by molar-refractivity contribution is 5.65. The van der Waals surface area contributed by atoms with Crippen molar-refractivity contribution in [3.8, 4) is 17.3 Å². The van der Waals surface area contributed by atoms with Gasteiger partial charge in [-0.05, 0) is 18.2 Å². The number of H-pyrrole nitrogens is 1. The third-order valence-corrected chi connectivity index (χ3v) is 2.11. The van der Waals surface area contributed by atoms with Gasteiger partial charge < -0.3 is 0 Å². The molecule has 1 N–H and O–H groups in total. The SMILES string of the molecule is N#Cc1cc(-c2cc[nH]n2)ccc1[N+](=O)[O-]. The van der Waals surface area contributed by atoms with Crippen LogP contribution in [0.3, 0.4) is 0 Å². The fraction of sp³-hybridized carbons (Fsp3) is 0. The Morgan fingerprint density at radius 2 is 2.25 bits per heavy atom. The zero-order valence-corrected chi connectivity index (χ0v) is 8.04. The lowest BCUT2D eigenvalue weighted by Gasteiger charge is -1.98. The molecule has 16 heavy (non-hydrogen) atoms. The Morgan fingerprint density at radius 1 is 1.44 bits per heavy atom. The van der Waals surface area contributed by atoms with Crippen LogP contribution in [0, 0.1) is 21.4 Å². The van der Waals surface area contributed by atoms with E-state index < -0.39 is 4.92 Å². The molecule has 0 aliphatic heterocycles. The summed E-state index contributed by atoms with van der Waals surface area (Å²) in [7, 11) is 0. The molecule has 1 heterocycles. The lowest BCUT2D eigenvalue weighted by molar-refractivity contribution is -0.385. The van der Waals surface area contributed by atoms with Crippen molar-refractivity contribution in [3.63, 3.8) is 0 Å². The van der Waals surface area contributed by atoms with Gasteiger partial charge in [-0.25, -0.2) is 0 Å². The van der Waals surface area contributed by atoms with E-state index in [0.29, 0.717) is 11.3 Å². The maximum Gasteiger partial charge on any atom is 0.287 e. The molecule has 0 atom stereocenters. The van der Waals surface area contributed by atoms with E-state index in [1.807, 2.05) is 0 Å². The van der Waals surface area contributed by atoms with E-state index in [9.17, 15) is 10.1 Å². The van der Waals surface area contributed by atoms with Gasteiger partial charge in [0.25, 0.3) is 5.69 Å². The Bertz CT molecular complexity index is 569. The van der Waals surface area contributed by atoms with E-state index in [1.54, 1.807) is 24.4 Å². The number of nitrogens with one attached hydrogen (secondary N) is 1. The summed E-state index contributed by atoms with van der Waals surface area (Å²) in [6.07, 6.45) is 1.64. The predicted octanol–water partition coefficient (Wildman–Crippen LogP) is 1.86. The molecular formula is C10H6N4O2. The van der Waals surface area contributed by atoms with Crippen LogP contribution in [0.4, 0.5) is 5.69 Å². The summed E-state index contributed by atoms with van der Waals surface area (Å²) < 4.78 is 0. The second-order valence-corrected chi connectivity index (χ2v) is 3.06. The van der Waals surface area contributed by atoms with E-state index >= 15 is 0 Å². The number of aromatic amines is 1. The topological polar surface area (TPSA) is 95.6 Å². The van der Waals surface area contributed by atoms with Crippen molar-refractivity contribution in [2.45, 2.75) is 0 Å². The summed E-state index contributed by atoms with van der Waals surface area (Å²) in [5.74, 6) is 0. The third kappa shape index (κ3) is 1.62. The molecule has 0 amide bonds. The Kier molecular flexibility index (Phi) is 2.36. The van der Waals surface area contributed by atoms with Crippen molar-refractivity contribution in [2.24, 2.45) is 0 Å². The molecule has 0 bridgehead atoms. The van der Waals surface area contributed by atoms with Gasteiger partial charge in [0.15, 0.2) is 0 Å². The van der Waals surface area contributed by atoms with Crippen LogP contribution in [0.2, 0.25) is 0 Å². The minimum atomic E-state index is -0.577. The number of hydrogen-bond donors (Lipinski definition) is 1. The van der Waals surface area contributed by atoms with Gasteiger partial charge in [-0.15, -0.1) is 0 Å². The molecular weight excluding hydrogens is 208 g/mol. The zero-order valence-electron chi connectivity index (χ0n) is 8.04. The van der Waals surface area contributed by atoms with Gasteiger partial charge in [0.05, 0.1) is 10.6 Å². The molecule has 0 unspecified atom stereocenters. The van der Waals surface area contributed by atoms with E-state index in [4.69, 9.17) is 5.26 Å². The Hall–Kier alpha value is -2.68. The molecule has 2 aromatic rings. The summed E-state index contributed by atoms with van der Waals surface area (Å²) in [5.41, 5.74) is 1.15. The largest absolute Gasteiger partial charge is 0.287 e. The fourth-order valence-corrected chi connectivity index (χ4v) is 1.37. The van der Waals surface area contributed by atoms with Crippen molar-refractivity contribution in [3.05, 3.63) is 46.1 Å². The predicted molar refractivity (Wildman–Crippen MR) is 55.4 cm³/mol. The Morgan fingerprint density at radius 3 is 2.81 bits per heavy atom. The van der Waals surface area contributed by atoms with Gasteiger partial charge >= 0.3 is 0 Å². The van der Waals surface area contributed by atoms with Crippen molar-refractivity contribution in [1.82, 2.24) is 10.2 Å². The first kappa shape index (κ1) is 9.86. The van der Waals surface area contributed by atoms with Gasteiger partial charge in [0, 0.05) is 17.8 Å². The van der Waals surface area contributed by atoms with Crippen molar-refractivity contribution in [1.29, 1.82) is 5.26 Å². The molecule has 6 nitrogen and oxygen atoms in total. The first-order valence-corrected chi connectivity index (χ1v) is 4.41. The number of nitriles is 1. The monoisotopic (exact) mass is 214 g/mol. The van der Waals surface area contributed by atoms with Crippen LogP contribution < -0.4 is 0 Å². The summed E-state index contributed by atoms with van der Waals surface area (Å²) in [4.78, 5) is 10.0. The summed E-state index contributed by atoms with van der Waals surface area (Å²) in [6.45, 7) is 0. The molecule has 1 aromatic carbocycles. The number of nitro benzene ring substituents is 1. The van der Waals surface area contributed by atoms with Crippen molar-refractivity contribution in [2.75, 3.05) is 0 Å². The minimum absolute atomic E-state index is 0.0329. The van der Waals surface area contributed by atoms with Crippen molar-refractivity contribution < 1.29 is 4.92 Å². The maximum absolute atomic E-state index is 10.6. The summed E-state index contributed by atoms with van der Waals surface area (Å²) in [5, 5.41) is 26.0. The first-order valence-electron chi connectivity index (χ1n) is 4.41. The van der Waals surface area contributed by atoms with Crippen LogP contribution in [0.15, 0.2) is 30.5 Å². The fourth-order valence-electron chi connectivity index (χ4n) is 1.37. The lowest BCUT2D eigenvalue weighted by Crippen LogP contribution is -1.92. The zero-order chi connectivity index (χ0) is 11.5. The molecule has 0 aliphatic carbocycles. The molecule has 78 valence electrons. The highest BCUT2D eigenvalue weighted by Crippen LogP contribution is 2.24. The number of rotatable bonds is 2. The average Bonchev–Trinajstić information content (AvgIpc) is 2.81. The van der Waals surface area contributed by atoms with Crippen LogP contribution in [0.25, 0.3) is 11.3 Å². The average molecular weight is 214 g/mol. The van der Waals surface area contributed by atoms with Gasteiger partial charge in [0.2, 0.25) is 0 Å². The molecule has 1 aromatic heterocycles. The Balaban J connectivity index is 2.54. The molecule has 0 aliphatic rings. The van der Waals surface area contributed by atoms with Gasteiger partial charge in [-0.3, -0.25) is 15.2 Å². The minimum Gasteiger partial charge on any atom is -0.285 e. The second kappa shape index (κ2) is 3.82. The highest BCUT2D eigenvalue weighted by Gasteiger charge is 2.14. The van der Waals surface area contributed by atoms with Crippen LogP contribution in [-0.4, -0.2) is 15.1 Å². The molecule has 0 fully saturated rings. The van der Waals surface area contributed by atoms with E-state index in [0.717, 1.165) is 0 Å². The standard InChI is InChI=1S/C10H6N4O2/c11-6-8-5-7(9-3-4-12-13-9)1-2-10(8)14(15)16/h1-5H,(H,12,13). The van der Waals surface area contributed by atoms with Gasteiger partial charge in [-0.1, -0.05) is 0 Å². The van der Waals surface area contributed by atoms with Gasteiger partial charge in [0.1, 0.15) is 11.6 Å². The lowest BCUT2D eigenvalue weighted by atomic mass is 10.1. The normalized spacial score (nSPS) is 9.69. The molecule has 6 heteroatoms. The second-order valence-electron chi connectivity index (χ2n) is 3.06. The Labute approximate surface area is 90.3 Å². The highest BCUT2D eigenvalue weighted by atomic mass is 16.6. The summed E-state index contributed by atoms with van der Waals surface area (Å²) in [6, 6.07) is 7.85. The number of aromatic nitrogens is 2. The van der Waals surface area contributed by atoms with Crippen LogP contribution in [-0.2, 0) is 0 Å². The number of nitrogens with zero attached hydrogens (tertiary/aromatic N) is 3. The van der Waals surface area contributed by atoms with Crippen LogP contribution in [0.1, 0.15) is 5.56 Å². The number of nitro groups is 1. The maximum atomic E-state index is 10.6. The number of hydrogen-bond acceptors (Lipinski definition) is 4. The quantitative estimate of drug-likeness (QED) is 0.609. The van der Waals surface area contributed by atoms with E-state index in [-0.39, 0.29) is 11.3 Å². The molecule has 0 saturated heterocycles. The van der Waals surface area contributed by atoms with Gasteiger partial charge in [-0.2, -0.15) is 10.4 Å². The van der Waals surface area contributed by atoms with Crippen LogP contribution in [0.5, 0.6) is 0 Å². The molecule has 0 radical (unpaired) electrons. The van der Waals surface area contributed by atoms with E-state index in [1.165, 1.54) is 12.1 Å².